The lowest BCUT2D eigenvalue weighted by molar-refractivity contribution is -0.146. The molecule has 0 radical (unpaired) electrons. The van der Waals surface area contributed by atoms with E-state index in [1.165, 1.54) is 7.11 Å². The minimum Gasteiger partial charge on any atom is -0.469 e. The lowest BCUT2D eigenvalue weighted by Gasteiger charge is -2.51. The molecule has 25 heavy (non-hydrogen) atoms. The molecule has 0 saturated carbocycles. The van der Waals surface area contributed by atoms with Gasteiger partial charge in [0.1, 0.15) is 0 Å². The van der Waals surface area contributed by atoms with Crippen molar-refractivity contribution in [2.45, 2.75) is 31.7 Å². The largest absolute Gasteiger partial charge is 0.469 e. The van der Waals surface area contributed by atoms with Crippen molar-refractivity contribution in [3.63, 3.8) is 0 Å². The van der Waals surface area contributed by atoms with Gasteiger partial charge in [-0.15, -0.1) is 0 Å². The van der Waals surface area contributed by atoms with E-state index in [1.807, 2.05) is 28.8 Å². The van der Waals surface area contributed by atoms with Crippen molar-refractivity contribution in [3.05, 3.63) is 35.5 Å². The highest BCUT2D eigenvalue weighted by molar-refractivity contribution is 6.00. The molecule has 1 fully saturated rings. The quantitative estimate of drug-likeness (QED) is 0.790. The highest BCUT2D eigenvalue weighted by Gasteiger charge is 2.53. The Balaban J connectivity index is 1.87. The number of esters is 1. The van der Waals surface area contributed by atoms with Crippen molar-refractivity contribution < 1.29 is 14.3 Å². The first kappa shape index (κ1) is 15.1. The third kappa shape index (κ3) is 1.82. The van der Waals surface area contributed by atoms with Crippen LogP contribution in [0.15, 0.2) is 24.3 Å². The maximum Gasteiger partial charge on any atom is 0.313 e. The van der Waals surface area contributed by atoms with Crippen molar-refractivity contribution in [2.24, 2.45) is 11.8 Å². The normalized spacial score (nSPS) is 30.6. The summed E-state index contributed by atoms with van der Waals surface area (Å²) in [6.45, 7) is 3.55. The molecule has 0 N–H and O–H groups in total. The number of piperidine rings is 1. The number of benzene rings is 1. The predicted molar refractivity (Wildman–Crippen MR) is 93.5 cm³/mol. The fourth-order valence-electron chi connectivity index (χ4n) is 5.55. The van der Waals surface area contributed by atoms with Crippen molar-refractivity contribution in [2.75, 3.05) is 20.2 Å². The molecule has 130 valence electrons. The fourth-order valence-corrected chi connectivity index (χ4v) is 5.55. The number of rotatable bonds is 2. The van der Waals surface area contributed by atoms with Gasteiger partial charge in [0.25, 0.3) is 0 Å². The second-order valence-corrected chi connectivity index (χ2v) is 7.56. The van der Waals surface area contributed by atoms with E-state index in [0.29, 0.717) is 18.4 Å². The topological polar surface area (TPSA) is 51.5 Å². The van der Waals surface area contributed by atoms with Crippen molar-refractivity contribution in [1.82, 2.24) is 9.47 Å². The van der Waals surface area contributed by atoms with Crippen LogP contribution in [0.4, 0.5) is 0 Å². The summed E-state index contributed by atoms with van der Waals surface area (Å²) in [6.07, 6.45) is 1.96. The van der Waals surface area contributed by atoms with Gasteiger partial charge in [0.15, 0.2) is 0 Å². The van der Waals surface area contributed by atoms with Crippen LogP contribution in [0.3, 0.4) is 0 Å². The maximum absolute atomic E-state index is 12.9. The highest BCUT2D eigenvalue weighted by atomic mass is 16.5. The third-order valence-electron chi connectivity index (χ3n) is 6.58. The van der Waals surface area contributed by atoms with Crippen LogP contribution >= 0.6 is 0 Å². The molecule has 1 aromatic heterocycles. The van der Waals surface area contributed by atoms with E-state index in [1.54, 1.807) is 0 Å². The van der Waals surface area contributed by atoms with E-state index < -0.39 is 0 Å². The van der Waals surface area contributed by atoms with Gasteiger partial charge in [0.05, 0.1) is 31.1 Å². The number of carbonyl (C=O) groups is 2. The summed E-state index contributed by atoms with van der Waals surface area (Å²) in [5.74, 6) is 0.403. The molecule has 1 aliphatic carbocycles. The van der Waals surface area contributed by atoms with Crippen molar-refractivity contribution in [1.29, 1.82) is 0 Å². The summed E-state index contributed by atoms with van der Waals surface area (Å²) in [6, 6.07) is 8.24. The van der Waals surface area contributed by atoms with Crippen LogP contribution in [0.5, 0.6) is 0 Å². The van der Waals surface area contributed by atoms with E-state index in [-0.39, 0.29) is 23.8 Å². The van der Waals surface area contributed by atoms with Crippen LogP contribution in [-0.2, 0) is 9.53 Å². The van der Waals surface area contributed by atoms with E-state index in [0.717, 1.165) is 41.5 Å². The summed E-state index contributed by atoms with van der Waals surface area (Å²) < 4.78 is 7.09. The summed E-state index contributed by atoms with van der Waals surface area (Å²) in [5, 5.41) is 1.04. The Morgan fingerprint density at radius 1 is 1.32 bits per heavy atom. The molecular weight excluding hydrogens is 316 g/mol. The predicted octanol–water partition coefficient (Wildman–Crippen LogP) is 2.95. The number of hydrogen-bond acceptors (Lipinski definition) is 4. The molecule has 2 aromatic rings. The zero-order chi connectivity index (χ0) is 17.3. The minimum atomic E-state index is -0.264. The summed E-state index contributed by atoms with van der Waals surface area (Å²) >= 11 is 0. The summed E-state index contributed by atoms with van der Waals surface area (Å²) in [5.41, 5.74) is 3.02. The number of nitrogens with zero attached hydrogens (tertiary/aromatic N) is 2. The number of carbonyl (C=O) groups excluding carboxylic acids is 2. The second-order valence-electron chi connectivity index (χ2n) is 7.56. The SMILES string of the molecule is CC[C@H]1CN2CC(=O)n3c4c(c5ccccc53)[C@H](C(=O)OC)[C@@H]1C[C@H]42. The Morgan fingerprint density at radius 3 is 2.88 bits per heavy atom. The number of fused-ring (bicyclic) bond motifs is 4. The molecule has 1 saturated heterocycles. The smallest absolute Gasteiger partial charge is 0.313 e. The molecular formula is C20H22N2O3. The number of hydrogen-bond donors (Lipinski definition) is 0. The molecule has 3 heterocycles. The van der Waals surface area contributed by atoms with E-state index in [4.69, 9.17) is 4.74 Å². The molecule has 1 aromatic carbocycles. The molecule has 0 unspecified atom stereocenters. The molecule has 2 bridgehead atoms. The van der Waals surface area contributed by atoms with Gasteiger partial charge in [0.2, 0.25) is 5.91 Å². The second kappa shape index (κ2) is 5.18. The molecule has 0 spiro atoms. The number of methoxy groups -OCH3 is 1. The Bertz CT molecular complexity index is 900. The van der Waals surface area contributed by atoms with Gasteiger partial charge >= 0.3 is 5.97 Å². The Morgan fingerprint density at radius 2 is 2.12 bits per heavy atom. The van der Waals surface area contributed by atoms with E-state index >= 15 is 0 Å². The average molecular weight is 338 g/mol. The van der Waals surface area contributed by atoms with Gasteiger partial charge in [-0.2, -0.15) is 0 Å². The molecule has 5 nitrogen and oxygen atoms in total. The van der Waals surface area contributed by atoms with Crippen LogP contribution in [-0.4, -0.2) is 41.5 Å². The fraction of sp³-hybridized carbons (Fsp3) is 0.500. The Labute approximate surface area is 146 Å². The van der Waals surface area contributed by atoms with Crippen LogP contribution < -0.4 is 0 Å². The van der Waals surface area contributed by atoms with Crippen LogP contribution in [0.25, 0.3) is 10.9 Å². The van der Waals surface area contributed by atoms with Crippen LogP contribution in [0, 0.1) is 11.8 Å². The van der Waals surface area contributed by atoms with E-state index in [9.17, 15) is 9.59 Å². The molecule has 2 aliphatic heterocycles. The lowest BCUT2D eigenvalue weighted by Crippen LogP contribution is -2.54. The number of ether oxygens (including phenoxy) is 1. The van der Waals surface area contributed by atoms with Gasteiger partial charge in [-0.05, 0) is 29.9 Å². The maximum atomic E-state index is 12.9. The summed E-state index contributed by atoms with van der Waals surface area (Å²) in [4.78, 5) is 28.1. The zero-order valence-corrected chi connectivity index (χ0v) is 14.6. The monoisotopic (exact) mass is 338 g/mol. The molecule has 0 amide bonds. The lowest BCUT2D eigenvalue weighted by atomic mass is 9.65. The van der Waals surface area contributed by atoms with Gasteiger partial charge in [-0.1, -0.05) is 31.5 Å². The summed E-state index contributed by atoms with van der Waals surface area (Å²) in [7, 11) is 1.47. The average Bonchev–Trinajstić information content (AvgIpc) is 2.98. The van der Waals surface area contributed by atoms with Crippen molar-refractivity contribution >= 4 is 22.8 Å². The molecule has 5 rings (SSSR count). The first-order chi connectivity index (χ1) is 12.2. The highest BCUT2D eigenvalue weighted by Crippen LogP contribution is 2.55. The minimum absolute atomic E-state index is 0.118. The van der Waals surface area contributed by atoms with Gasteiger partial charge < -0.3 is 4.74 Å². The van der Waals surface area contributed by atoms with Gasteiger partial charge in [-0.25, -0.2) is 0 Å². The third-order valence-corrected chi connectivity index (χ3v) is 6.58. The van der Waals surface area contributed by atoms with Gasteiger partial charge in [0, 0.05) is 17.6 Å². The molecule has 4 atom stereocenters. The van der Waals surface area contributed by atoms with Crippen LogP contribution in [0.1, 0.15) is 47.8 Å². The first-order valence-corrected chi connectivity index (χ1v) is 9.14. The van der Waals surface area contributed by atoms with E-state index in [2.05, 4.69) is 11.8 Å². The zero-order valence-electron chi connectivity index (χ0n) is 14.6. The Hall–Kier alpha value is -2.14. The van der Waals surface area contributed by atoms with Crippen molar-refractivity contribution in [3.8, 4) is 0 Å². The molecule has 3 aliphatic rings. The van der Waals surface area contributed by atoms with Crippen LogP contribution in [0.2, 0.25) is 0 Å². The first-order valence-electron chi connectivity index (χ1n) is 9.14. The van der Waals surface area contributed by atoms with Gasteiger partial charge in [-0.3, -0.25) is 19.1 Å². The number of aromatic nitrogens is 1. The molecule has 5 heteroatoms. The number of para-hydroxylation sites is 1. The standard InChI is InChI=1S/C20H22N2O3/c1-3-11-9-21-10-16(23)22-14-7-5-4-6-12(14)17-18(20(24)25-2)13(11)8-15(21)19(17)22/h4-7,11,13,15,18H,3,8-10H2,1-2H3/t11-,13+,15+,18+/m0/s1. The Kier molecular flexibility index (Phi) is 3.14.